The van der Waals surface area contributed by atoms with Crippen molar-refractivity contribution in [2.45, 2.75) is 0 Å². The maximum atomic E-state index is 12.0. The van der Waals surface area contributed by atoms with Crippen molar-refractivity contribution in [2.24, 2.45) is 7.05 Å². The number of aryl methyl sites for hydroxylation is 1. The van der Waals surface area contributed by atoms with Crippen LogP contribution in [0.2, 0.25) is 0 Å². The Kier molecular flexibility index (Phi) is 3.03. The molecule has 3 rings (SSSR count). The fraction of sp³-hybridized carbons (Fsp3) is 0.118. The maximum absolute atomic E-state index is 12.0. The van der Waals surface area contributed by atoms with Gasteiger partial charge in [0.15, 0.2) is 5.75 Å². The van der Waals surface area contributed by atoms with E-state index in [1.54, 1.807) is 12.1 Å². The van der Waals surface area contributed by atoms with Crippen LogP contribution in [-0.4, -0.2) is 11.7 Å². The number of hydrogen-bond acceptors (Lipinski definition) is 2. The average Bonchev–Trinajstić information content (AvgIpc) is 2.47. The van der Waals surface area contributed by atoms with Gasteiger partial charge in [0, 0.05) is 30.6 Å². The molecule has 0 spiro atoms. The third-order valence-corrected chi connectivity index (χ3v) is 3.39. The van der Waals surface area contributed by atoms with Crippen molar-refractivity contribution in [2.75, 3.05) is 7.11 Å². The van der Waals surface area contributed by atoms with Crippen molar-refractivity contribution in [3.8, 4) is 28.0 Å². The van der Waals surface area contributed by atoms with Crippen LogP contribution in [0.5, 0.6) is 5.75 Å². The van der Waals surface area contributed by atoms with Crippen LogP contribution in [0, 0.1) is 0 Å². The summed E-state index contributed by atoms with van der Waals surface area (Å²) in [6, 6.07) is 13.5. The first kappa shape index (κ1) is 12.5. The Morgan fingerprint density at radius 2 is 1.70 bits per heavy atom. The van der Waals surface area contributed by atoms with Gasteiger partial charge in [0.05, 0.1) is 7.11 Å². The molecule has 0 bridgehead atoms. The van der Waals surface area contributed by atoms with E-state index in [-0.39, 0.29) is 5.43 Å². The van der Waals surface area contributed by atoms with Crippen LogP contribution in [0.15, 0.2) is 59.7 Å². The highest BCUT2D eigenvalue weighted by molar-refractivity contribution is 5.84. The highest BCUT2D eigenvalue weighted by Crippen LogP contribution is 2.33. The van der Waals surface area contributed by atoms with E-state index >= 15 is 0 Å². The standard InChI is InChI=1S/C17H15NO2/c1-18-10-13-8-17(20-2)16(19)9-14(13)15(11-18)12-6-4-3-5-7-12/h3-11H,1-2H3. The summed E-state index contributed by atoms with van der Waals surface area (Å²) in [5.41, 5.74) is 3.99. The van der Waals surface area contributed by atoms with Gasteiger partial charge in [-0.05, 0) is 23.3 Å². The van der Waals surface area contributed by atoms with Crippen LogP contribution in [0.3, 0.4) is 0 Å². The number of nitrogens with zero attached hydrogens (tertiary/aromatic N) is 1. The van der Waals surface area contributed by atoms with Gasteiger partial charge in [0.2, 0.25) is 5.43 Å². The summed E-state index contributed by atoms with van der Waals surface area (Å²) < 4.78 is 7.11. The molecule has 0 amide bonds. The molecule has 0 N–H and O–H groups in total. The molecule has 3 nitrogen and oxygen atoms in total. The lowest BCUT2D eigenvalue weighted by Gasteiger charge is -2.15. The monoisotopic (exact) mass is 265 g/mol. The summed E-state index contributed by atoms with van der Waals surface area (Å²) in [5.74, 6) is 0.378. The third-order valence-electron chi connectivity index (χ3n) is 3.39. The van der Waals surface area contributed by atoms with E-state index in [2.05, 4.69) is 0 Å². The zero-order valence-electron chi connectivity index (χ0n) is 11.5. The van der Waals surface area contributed by atoms with E-state index in [9.17, 15) is 4.79 Å². The minimum Gasteiger partial charge on any atom is -0.493 e. The Balaban J connectivity index is 2.34. The molecule has 2 aliphatic rings. The summed E-state index contributed by atoms with van der Waals surface area (Å²) in [6.07, 6.45) is 4.02. The Bertz CT molecular complexity index is 775. The van der Waals surface area contributed by atoms with Gasteiger partial charge in [-0.3, -0.25) is 4.79 Å². The Morgan fingerprint density at radius 1 is 0.950 bits per heavy atom. The fourth-order valence-electron chi connectivity index (χ4n) is 2.45. The first-order valence-corrected chi connectivity index (χ1v) is 6.42. The van der Waals surface area contributed by atoms with Gasteiger partial charge in [-0.1, -0.05) is 30.3 Å². The summed E-state index contributed by atoms with van der Waals surface area (Å²) in [7, 11) is 3.49. The van der Waals surface area contributed by atoms with E-state index in [0.29, 0.717) is 5.75 Å². The van der Waals surface area contributed by atoms with Gasteiger partial charge in [0.25, 0.3) is 0 Å². The molecular weight excluding hydrogens is 250 g/mol. The van der Waals surface area contributed by atoms with Crippen LogP contribution >= 0.6 is 0 Å². The van der Waals surface area contributed by atoms with Gasteiger partial charge >= 0.3 is 0 Å². The number of methoxy groups -OCH3 is 1. The van der Waals surface area contributed by atoms with Crippen LogP contribution in [0.1, 0.15) is 0 Å². The van der Waals surface area contributed by atoms with Gasteiger partial charge in [0.1, 0.15) is 0 Å². The van der Waals surface area contributed by atoms with Gasteiger partial charge in [-0.2, -0.15) is 0 Å². The molecule has 0 atom stereocenters. The number of rotatable bonds is 2. The summed E-state index contributed by atoms with van der Waals surface area (Å²) in [5, 5.41) is 0. The van der Waals surface area contributed by atoms with E-state index in [0.717, 1.165) is 22.3 Å². The first-order chi connectivity index (χ1) is 9.69. The summed E-state index contributed by atoms with van der Waals surface area (Å²) >= 11 is 0. The van der Waals surface area contributed by atoms with Gasteiger partial charge < -0.3 is 9.30 Å². The molecule has 0 saturated heterocycles. The zero-order valence-corrected chi connectivity index (χ0v) is 11.5. The molecule has 100 valence electrons. The van der Waals surface area contributed by atoms with Crippen LogP contribution < -0.4 is 10.2 Å². The molecule has 0 saturated carbocycles. The van der Waals surface area contributed by atoms with Crippen molar-refractivity contribution in [3.05, 3.63) is 65.1 Å². The lowest BCUT2D eigenvalue weighted by Crippen LogP contribution is -2.07. The second-order valence-electron chi connectivity index (χ2n) is 4.79. The Labute approximate surface area is 117 Å². The summed E-state index contributed by atoms with van der Waals surface area (Å²) in [4.78, 5) is 12.0. The van der Waals surface area contributed by atoms with Gasteiger partial charge in [-0.25, -0.2) is 0 Å². The topological polar surface area (TPSA) is 31.2 Å². The van der Waals surface area contributed by atoms with E-state index in [1.807, 2.05) is 54.3 Å². The van der Waals surface area contributed by atoms with Crippen LogP contribution in [0.4, 0.5) is 0 Å². The molecule has 0 radical (unpaired) electrons. The molecular formula is C17H15NO2. The average molecular weight is 265 g/mol. The Hall–Kier alpha value is -2.55. The molecule has 0 unspecified atom stereocenters. The first-order valence-electron chi connectivity index (χ1n) is 6.42. The highest BCUT2D eigenvalue weighted by Gasteiger charge is 2.13. The normalized spacial score (nSPS) is 10.7. The number of fused-ring (bicyclic) bond motifs is 1. The minimum absolute atomic E-state index is 0.0916. The van der Waals surface area contributed by atoms with Crippen molar-refractivity contribution in [3.63, 3.8) is 0 Å². The predicted octanol–water partition coefficient (Wildman–Crippen LogP) is 3.17. The van der Waals surface area contributed by atoms with Crippen molar-refractivity contribution in [1.29, 1.82) is 0 Å². The largest absolute Gasteiger partial charge is 0.493 e. The quantitative estimate of drug-likeness (QED) is 0.712. The molecule has 1 heterocycles. The number of hydrogen-bond donors (Lipinski definition) is 0. The van der Waals surface area contributed by atoms with Crippen molar-refractivity contribution in [1.82, 2.24) is 4.57 Å². The Morgan fingerprint density at radius 3 is 2.40 bits per heavy atom. The number of pyridine rings is 1. The predicted molar refractivity (Wildman–Crippen MR) is 80.3 cm³/mol. The second-order valence-corrected chi connectivity index (χ2v) is 4.79. The smallest absolute Gasteiger partial charge is 0.221 e. The number of ether oxygens (including phenoxy) is 1. The SMILES string of the molecule is COc1cc2cn(C)cc(-c3ccccc3)c-2cc1=O. The molecule has 20 heavy (non-hydrogen) atoms. The summed E-state index contributed by atoms with van der Waals surface area (Å²) in [6.45, 7) is 0. The molecule has 1 aromatic carbocycles. The van der Waals surface area contributed by atoms with Crippen LogP contribution in [0.25, 0.3) is 22.3 Å². The highest BCUT2D eigenvalue weighted by atomic mass is 16.5. The molecule has 0 aromatic heterocycles. The second kappa shape index (κ2) is 4.85. The maximum Gasteiger partial charge on any atom is 0.221 e. The number of aromatic nitrogens is 1. The number of benzene rings is 2. The third kappa shape index (κ3) is 2.07. The van der Waals surface area contributed by atoms with Crippen LogP contribution in [-0.2, 0) is 7.05 Å². The van der Waals surface area contributed by atoms with Gasteiger partial charge in [-0.15, -0.1) is 0 Å². The minimum atomic E-state index is -0.0916. The van der Waals surface area contributed by atoms with E-state index in [1.165, 1.54) is 7.11 Å². The fourth-order valence-corrected chi connectivity index (χ4v) is 2.45. The lowest BCUT2D eigenvalue weighted by molar-refractivity contribution is 0.411. The van der Waals surface area contributed by atoms with Crippen molar-refractivity contribution >= 4 is 0 Å². The van der Waals surface area contributed by atoms with E-state index in [4.69, 9.17) is 4.74 Å². The molecule has 3 heteroatoms. The van der Waals surface area contributed by atoms with Crippen molar-refractivity contribution < 1.29 is 4.74 Å². The lowest BCUT2D eigenvalue weighted by atomic mass is 9.95. The zero-order chi connectivity index (χ0) is 14.1. The molecule has 1 aliphatic carbocycles. The van der Waals surface area contributed by atoms with E-state index < -0.39 is 0 Å². The molecule has 0 fully saturated rings. The molecule has 1 aromatic rings. The molecule has 1 aliphatic heterocycles.